The van der Waals surface area contributed by atoms with Crippen LogP contribution in [0.2, 0.25) is 0 Å². The minimum Gasteiger partial charge on any atom is -0.324 e. The summed E-state index contributed by atoms with van der Waals surface area (Å²) in [6, 6.07) is 6.66. The number of nitrogens with zero attached hydrogens (tertiary/aromatic N) is 1. The van der Waals surface area contributed by atoms with Crippen molar-refractivity contribution in [3.05, 3.63) is 28.7 Å². The van der Waals surface area contributed by atoms with E-state index in [1.165, 1.54) is 0 Å². The molecule has 2 fully saturated rings. The van der Waals surface area contributed by atoms with Crippen molar-refractivity contribution < 1.29 is 14.4 Å². The number of amides is 4. The Bertz CT molecular complexity index is 658. The molecule has 1 aromatic rings. The number of carbonyl (C=O) groups is 3. The van der Waals surface area contributed by atoms with Crippen LogP contribution in [0.25, 0.3) is 0 Å². The lowest BCUT2D eigenvalue weighted by Gasteiger charge is -2.31. The average molecular weight is 381 g/mol. The van der Waals surface area contributed by atoms with Crippen LogP contribution < -0.4 is 16.0 Å². The fraction of sp³-hybridized carbons (Fsp3) is 0.400. The average Bonchev–Trinajstić information content (AvgIpc) is 2.75. The Kier molecular flexibility index (Phi) is 4.36. The number of benzene rings is 1. The van der Waals surface area contributed by atoms with Crippen molar-refractivity contribution in [2.45, 2.75) is 18.4 Å². The van der Waals surface area contributed by atoms with Crippen LogP contribution in [0.15, 0.2) is 28.7 Å². The summed E-state index contributed by atoms with van der Waals surface area (Å²) >= 11 is 3.34. The third-order valence-corrected chi connectivity index (χ3v) is 4.84. The maximum Gasteiger partial charge on any atom is 0.325 e. The van der Waals surface area contributed by atoms with Crippen molar-refractivity contribution >= 4 is 39.5 Å². The summed E-state index contributed by atoms with van der Waals surface area (Å²) in [5, 5.41) is 8.61. The molecule has 0 aromatic heterocycles. The van der Waals surface area contributed by atoms with E-state index >= 15 is 0 Å². The van der Waals surface area contributed by atoms with Gasteiger partial charge in [-0.1, -0.05) is 12.1 Å². The predicted molar refractivity (Wildman–Crippen MR) is 87.9 cm³/mol. The Morgan fingerprint density at radius 3 is 2.65 bits per heavy atom. The van der Waals surface area contributed by atoms with Gasteiger partial charge in [-0.15, -0.1) is 0 Å². The number of nitrogens with one attached hydrogen (secondary N) is 3. The molecule has 122 valence electrons. The summed E-state index contributed by atoms with van der Waals surface area (Å²) in [5.74, 6) is -0.724. The molecule has 0 unspecified atom stereocenters. The lowest BCUT2D eigenvalue weighted by atomic mass is 9.88. The number of carbonyl (C=O) groups excluding carboxylic acids is 3. The van der Waals surface area contributed by atoms with E-state index in [-0.39, 0.29) is 12.5 Å². The number of para-hydroxylation sites is 1. The zero-order valence-corrected chi connectivity index (χ0v) is 14.0. The smallest absolute Gasteiger partial charge is 0.324 e. The molecule has 2 saturated heterocycles. The van der Waals surface area contributed by atoms with Crippen LogP contribution >= 0.6 is 15.9 Å². The molecule has 7 nitrogen and oxygen atoms in total. The summed E-state index contributed by atoms with van der Waals surface area (Å²) < 4.78 is 0.736. The third kappa shape index (κ3) is 3.09. The highest BCUT2D eigenvalue weighted by molar-refractivity contribution is 9.10. The number of hydrogen-bond acceptors (Lipinski definition) is 4. The SMILES string of the molecule is O=C(CN1C(=O)NC2(CCNCC2)C1=O)Nc1ccccc1Br. The molecule has 0 aliphatic carbocycles. The lowest BCUT2D eigenvalue weighted by Crippen LogP contribution is -2.54. The van der Waals surface area contributed by atoms with E-state index in [2.05, 4.69) is 31.9 Å². The van der Waals surface area contributed by atoms with Gasteiger partial charge in [0.25, 0.3) is 5.91 Å². The van der Waals surface area contributed by atoms with E-state index in [0.717, 1.165) is 9.37 Å². The van der Waals surface area contributed by atoms with Gasteiger partial charge in [-0.2, -0.15) is 0 Å². The summed E-state index contributed by atoms with van der Waals surface area (Å²) in [5.41, 5.74) is -0.253. The largest absolute Gasteiger partial charge is 0.325 e. The molecular formula is C15H17BrN4O3. The van der Waals surface area contributed by atoms with Gasteiger partial charge in [-0.25, -0.2) is 4.79 Å². The van der Waals surface area contributed by atoms with E-state index in [1.807, 2.05) is 6.07 Å². The molecule has 2 heterocycles. The van der Waals surface area contributed by atoms with Gasteiger partial charge in [-0.3, -0.25) is 14.5 Å². The topological polar surface area (TPSA) is 90.5 Å². The maximum atomic E-state index is 12.6. The van der Waals surface area contributed by atoms with Crippen LogP contribution in [0, 0.1) is 0 Å². The zero-order chi connectivity index (χ0) is 16.4. The molecule has 3 rings (SSSR count). The number of rotatable bonds is 3. The zero-order valence-electron chi connectivity index (χ0n) is 12.4. The van der Waals surface area contributed by atoms with Crippen LogP contribution in [0.4, 0.5) is 10.5 Å². The molecule has 0 atom stereocenters. The summed E-state index contributed by atoms with van der Waals surface area (Å²) in [7, 11) is 0. The van der Waals surface area contributed by atoms with Crippen molar-refractivity contribution in [2.24, 2.45) is 0 Å². The van der Waals surface area contributed by atoms with Crippen LogP contribution in [0.3, 0.4) is 0 Å². The van der Waals surface area contributed by atoms with Crippen molar-refractivity contribution in [3.8, 4) is 0 Å². The maximum absolute atomic E-state index is 12.6. The quantitative estimate of drug-likeness (QED) is 0.683. The second kappa shape index (κ2) is 6.29. The van der Waals surface area contributed by atoms with Crippen molar-refractivity contribution in [1.82, 2.24) is 15.5 Å². The van der Waals surface area contributed by atoms with Crippen molar-refractivity contribution in [1.29, 1.82) is 0 Å². The van der Waals surface area contributed by atoms with Crippen LogP contribution in [-0.2, 0) is 9.59 Å². The van der Waals surface area contributed by atoms with Gasteiger partial charge in [0.05, 0.1) is 5.69 Å². The Morgan fingerprint density at radius 2 is 1.96 bits per heavy atom. The second-order valence-electron chi connectivity index (χ2n) is 5.68. The first kappa shape index (κ1) is 15.9. The van der Waals surface area contributed by atoms with E-state index in [9.17, 15) is 14.4 Å². The fourth-order valence-electron chi connectivity index (χ4n) is 2.91. The van der Waals surface area contributed by atoms with Crippen LogP contribution in [0.5, 0.6) is 0 Å². The molecule has 0 saturated carbocycles. The van der Waals surface area contributed by atoms with Crippen molar-refractivity contribution in [3.63, 3.8) is 0 Å². The Labute approximate surface area is 141 Å². The van der Waals surface area contributed by atoms with Gasteiger partial charge in [0, 0.05) is 4.47 Å². The first-order valence-electron chi connectivity index (χ1n) is 7.41. The molecule has 2 aliphatic heterocycles. The van der Waals surface area contributed by atoms with Gasteiger partial charge >= 0.3 is 6.03 Å². The van der Waals surface area contributed by atoms with E-state index in [0.29, 0.717) is 31.6 Å². The van der Waals surface area contributed by atoms with Gasteiger partial charge in [-0.05, 0) is 54.0 Å². The third-order valence-electron chi connectivity index (χ3n) is 4.15. The van der Waals surface area contributed by atoms with E-state index in [1.54, 1.807) is 18.2 Å². The van der Waals surface area contributed by atoms with Gasteiger partial charge < -0.3 is 16.0 Å². The van der Waals surface area contributed by atoms with E-state index < -0.39 is 17.5 Å². The molecule has 3 N–H and O–H groups in total. The Morgan fingerprint density at radius 1 is 1.26 bits per heavy atom. The molecular weight excluding hydrogens is 364 g/mol. The molecule has 1 aromatic carbocycles. The number of halogens is 1. The van der Waals surface area contributed by atoms with Crippen LogP contribution in [0.1, 0.15) is 12.8 Å². The summed E-state index contributed by atoms with van der Waals surface area (Å²) in [6.45, 7) is 1.05. The monoisotopic (exact) mass is 380 g/mol. The standard InChI is InChI=1S/C15H17BrN4O3/c16-10-3-1-2-4-11(10)18-12(21)9-20-13(22)15(19-14(20)23)5-7-17-8-6-15/h1-4,17H,5-9H2,(H,18,21)(H,19,23). The van der Waals surface area contributed by atoms with Gasteiger partial charge in [0.15, 0.2) is 0 Å². The van der Waals surface area contributed by atoms with E-state index in [4.69, 9.17) is 0 Å². The highest BCUT2D eigenvalue weighted by Gasteiger charge is 2.51. The van der Waals surface area contributed by atoms with Crippen LogP contribution in [-0.4, -0.2) is 47.9 Å². The molecule has 4 amide bonds. The minimum absolute atomic E-state index is 0.290. The van der Waals surface area contributed by atoms with Gasteiger partial charge in [0.2, 0.25) is 5.91 Å². The number of imide groups is 1. The molecule has 1 spiro atoms. The number of hydrogen-bond donors (Lipinski definition) is 3. The highest BCUT2D eigenvalue weighted by Crippen LogP contribution is 2.27. The fourth-order valence-corrected chi connectivity index (χ4v) is 3.29. The second-order valence-corrected chi connectivity index (χ2v) is 6.54. The highest BCUT2D eigenvalue weighted by atomic mass is 79.9. The van der Waals surface area contributed by atoms with Crippen molar-refractivity contribution in [2.75, 3.05) is 25.0 Å². The first-order valence-corrected chi connectivity index (χ1v) is 8.20. The molecule has 0 radical (unpaired) electrons. The first-order chi connectivity index (χ1) is 11.0. The predicted octanol–water partition coefficient (Wildman–Crippen LogP) is 1.06. The number of piperidine rings is 1. The molecule has 0 bridgehead atoms. The Hall–Kier alpha value is -1.93. The summed E-state index contributed by atoms with van der Waals surface area (Å²) in [4.78, 5) is 37.8. The molecule has 8 heteroatoms. The lowest BCUT2D eigenvalue weighted by molar-refractivity contribution is -0.134. The summed E-state index contributed by atoms with van der Waals surface area (Å²) in [6.07, 6.45) is 1.08. The molecule has 2 aliphatic rings. The normalized spacial score (nSPS) is 19.8. The number of urea groups is 1. The minimum atomic E-state index is -0.851. The Balaban J connectivity index is 1.68. The number of anilines is 1. The van der Waals surface area contributed by atoms with Gasteiger partial charge in [0.1, 0.15) is 12.1 Å². The molecule has 23 heavy (non-hydrogen) atoms.